The van der Waals surface area contributed by atoms with E-state index in [-0.39, 0.29) is 18.0 Å². The molecule has 26 heavy (non-hydrogen) atoms. The zero-order valence-electron chi connectivity index (χ0n) is 14.6. The third-order valence-corrected chi connectivity index (χ3v) is 4.32. The Morgan fingerprint density at radius 1 is 1.35 bits per heavy atom. The highest BCUT2D eigenvalue weighted by Gasteiger charge is 2.11. The van der Waals surface area contributed by atoms with Crippen LogP contribution in [0, 0.1) is 13.8 Å². The first-order chi connectivity index (χ1) is 12.4. The molecule has 2 heterocycles. The van der Waals surface area contributed by atoms with Gasteiger partial charge in [0, 0.05) is 34.5 Å². The van der Waals surface area contributed by atoms with E-state index in [0.717, 1.165) is 28.1 Å². The van der Waals surface area contributed by atoms with E-state index in [0.29, 0.717) is 17.2 Å². The minimum Gasteiger partial charge on any atom is -0.488 e. The Morgan fingerprint density at radius 3 is 2.92 bits per heavy atom. The van der Waals surface area contributed by atoms with Crippen LogP contribution in [0.25, 0.3) is 6.08 Å². The number of amides is 1. The monoisotopic (exact) mass is 370 g/mol. The van der Waals surface area contributed by atoms with Crippen molar-refractivity contribution in [2.75, 3.05) is 6.61 Å². The molecular weight excluding hydrogens is 352 g/mol. The van der Waals surface area contributed by atoms with Gasteiger partial charge in [0.1, 0.15) is 12.4 Å². The Kier molecular flexibility index (Phi) is 5.28. The standard InChI is InChI=1S/C20H19ClN2O3/c1-12-7-13(2)23-20(25)17(12)10-22-19(24)6-3-14-8-15-9-16(21)4-5-18(15)26-11-14/h3-9H,10-11H2,1-2H3,(H,22,24)(H,23,25). The zero-order chi connectivity index (χ0) is 18.7. The van der Waals surface area contributed by atoms with Gasteiger partial charge in [0.25, 0.3) is 5.56 Å². The lowest BCUT2D eigenvalue weighted by atomic mass is 10.1. The van der Waals surface area contributed by atoms with Gasteiger partial charge in [-0.2, -0.15) is 0 Å². The van der Waals surface area contributed by atoms with Crippen LogP contribution in [0.5, 0.6) is 5.75 Å². The maximum atomic E-state index is 12.0. The first-order valence-electron chi connectivity index (χ1n) is 8.20. The fourth-order valence-corrected chi connectivity index (χ4v) is 2.96. The number of nitrogens with one attached hydrogen (secondary N) is 2. The Labute approximate surface area is 156 Å². The maximum absolute atomic E-state index is 12.0. The minimum atomic E-state index is -0.276. The third-order valence-electron chi connectivity index (χ3n) is 4.09. The van der Waals surface area contributed by atoms with E-state index in [9.17, 15) is 9.59 Å². The molecule has 0 bridgehead atoms. The number of fused-ring (bicyclic) bond motifs is 1. The van der Waals surface area contributed by atoms with Gasteiger partial charge in [0.2, 0.25) is 5.91 Å². The highest BCUT2D eigenvalue weighted by Crippen LogP contribution is 2.29. The van der Waals surface area contributed by atoms with Crippen molar-refractivity contribution in [2.45, 2.75) is 20.4 Å². The molecule has 5 nitrogen and oxygen atoms in total. The van der Waals surface area contributed by atoms with Gasteiger partial charge >= 0.3 is 0 Å². The van der Waals surface area contributed by atoms with Gasteiger partial charge in [-0.3, -0.25) is 9.59 Å². The van der Waals surface area contributed by atoms with E-state index in [1.807, 2.05) is 38.1 Å². The van der Waals surface area contributed by atoms with Crippen LogP contribution in [0.15, 0.2) is 46.8 Å². The molecule has 2 N–H and O–H groups in total. The summed E-state index contributed by atoms with van der Waals surface area (Å²) in [5, 5.41) is 3.36. The molecule has 1 aromatic carbocycles. The molecule has 6 heteroatoms. The average Bonchev–Trinajstić information content (AvgIpc) is 2.58. The Balaban J connectivity index is 1.65. The van der Waals surface area contributed by atoms with Crippen LogP contribution in [-0.4, -0.2) is 17.5 Å². The SMILES string of the molecule is Cc1cc(C)c(CNC(=O)C=CC2=Cc3cc(Cl)ccc3OC2)c(=O)[nH]1. The van der Waals surface area contributed by atoms with E-state index in [1.165, 1.54) is 6.08 Å². The lowest BCUT2D eigenvalue weighted by Gasteiger charge is -2.16. The Morgan fingerprint density at radius 2 is 2.15 bits per heavy atom. The fourth-order valence-electron chi connectivity index (χ4n) is 2.78. The summed E-state index contributed by atoms with van der Waals surface area (Å²) in [5.41, 5.74) is 3.77. The van der Waals surface area contributed by atoms with Crippen LogP contribution < -0.4 is 15.6 Å². The fraction of sp³-hybridized carbons (Fsp3) is 0.200. The van der Waals surface area contributed by atoms with Gasteiger partial charge in [0.15, 0.2) is 0 Å². The number of benzene rings is 1. The van der Waals surface area contributed by atoms with Crippen LogP contribution in [0.2, 0.25) is 5.02 Å². The summed E-state index contributed by atoms with van der Waals surface area (Å²) in [6.45, 7) is 4.24. The largest absolute Gasteiger partial charge is 0.488 e. The number of hydrogen-bond acceptors (Lipinski definition) is 3. The van der Waals surface area contributed by atoms with Crippen LogP contribution in [0.1, 0.15) is 22.4 Å². The summed E-state index contributed by atoms with van der Waals surface area (Å²) in [4.78, 5) is 26.8. The summed E-state index contributed by atoms with van der Waals surface area (Å²) in [6, 6.07) is 7.29. The predicted octanol–water partition coefficient (Wildman–Crippen LogP) is 3.29. The molecule has 1 amide bonds. The van der Waals surface area contributed by atoms with Crippen molar-refractivity contribution in [2.24, 2.45) is 0 Å². The van der Waals surface area contributed by atoms with Crippen LogP contribution in [0.3, 0.4) is 0 Å². The van der Waals surface area contributed by atoms with E-state index < -0.39 is 0 Å². The van der Waals surface area contributed by atoms with E-state index >= 15 is 0 Å². The van der Waals surface area contributed by atoms with Crippen molar-refractivity contribution < 1.29 is 9.53 Å². The first-order valence-corrected chi connectivity index (χ1v) is 8.58. The number of aryl methyl sites for hydroxylation is 2. The lowest BCUT2D eigenvalue weighted by molar-refractivity contribution is -0.116. The van der Waals surface area contributed by atoms with Crippen molar-refractivity contribution in [1.82, 2.24) is 10.3 Å². The van der Waals surface area contributed by atoms with Crippen molar-refractivity contribution in [3.05, 3.63) is 79.8 Å². The van der Waals surface area contributed by atoms with Crippen molar-refractivity contribution in [1.29, 1.82) is 0 Å². The summed E-state index contributed by atoms with van der Waals surface area (Å²) in [7, 11) is 0. The second-order valence-electron chi connectivity index (χ2n) is 6.18. The Bertz CT molecular complexity index is 974. The van der Waals surface area contributed by atoms with Gasteiger partial charge in [-0.1, -0.05) is 17.7 Å². The summed E-state index contributed by atoms with van der Waals surface area (Å²) >= 11 is 5.99. The highest BCUT2D eigenvalue weighted by molar-refractivity contribution is 6.30. The van der Waals surface area contributed by atoms with Gasteiger partial charge < -0.3 is 15.0 Å². The normalized spacial score (nSPS) is 13.1. The number of pyridine rings is 1. The van der Waals surface area contributed by atoms with Crippen LogP contribution in [-0.2, 0) is 11.3 Å². The molecule has 3 rings (SSSR count). The molecule has 0 aliphatic carbocycles. The summed E-state index contributed by atoms with van der Waals surface area (Å²) in [5.74, 6) is 0.493. The second-order valence-corrected chi connectivity index (χ2v) is 6.62. The topological polar surface area (TPSA) is 71.2 Å². The lowest BCUT2D eigenvalue weighted by Crippen LogP contribution is -2.26. The molecule has 0 spiro atoms. The number of halogens is 1. The molecule has 134 valence electrons. The van der Waals surface area contributed by atoms with Gasteiger partial charge in [0.05, 0.1) is 0 Å². The summed E-state index contributed by atoms with van der Waals surface area (Å²) < 4.78 is 5.64. The molecule has 2 aromatic rings. The minimum absolute atomic E-state index is 0.177. The van der Waals surface area contributed by atoms with Crippen molar-refractivity contribution in [3.8, 4) is 5.75 Å². The number of carbonyl (C=O) groups is 1. The van der Waals surface area contributed by atoms with Crippen LogP contribution in [0.4, 0.5) is 0 Å². The van der Waals surface area contributed by atoms with E-state index in [2.05, 4.69) is 10.3 Å². The van der Waals surface area contributed by atoms with Gasteiger partial charge in [-0.15, -0.1) is 0 Å². The smallest absolute Gasteiger partial charge is 0.253 e. The van der Waals surface area contributed by atoms with Crippen molar-refractivity contribution in [3.63, 3.8) is 0 Å². The maximum Gasteiger partial charge on any atom is 0.253 e. The number of H-pyrrole nitrogens is 1. The number of carbonyl (C=O) groups excluding carboxylic acids is 1. The Hall–Kier alpha value is -2.79. The average molecular weight is 371 g/mol. The van der Waals surface area contributed by atoms with E-state index in [4.69, 9.17) is 16.3 Å². The second kappa shape index (κ2) is 7.62. The first kappa shape index (κ1) is 18.0. The van der Waals surface area contributed by atoms with E-state index in [1.54, 1.807) is 12.1 Å². The van der Waals surface area contributed by atoms with Gasteiger partial charge in [-0.05, 0) is 55.3 Å². The number of rotatable bonds is 4. The number of aromatic nitrogens is 1. The van der Waals surface area contributed by atoms with Crippen LogP contribution >= 0.6 is 11.6 Å². The zero-order valence-corrected chi connectivity index (χ0v) is 15.3. The molecule has 1 aliphatic rings. The molecular formula is C20H19ClN2O3. The van der Waals surface area contributed by atoms with Crippen molar-refractivity contribution >= 4 is 23.6 Å². The van der Waals surface area contributed by atoms with Gasteiger partial charge in [-0.25, -0.2) is 0 Å². The summed E-state index contributed by atoms with van der Waals surface area (Å²) in [6.07, 6.45) is 5.07. The molecule has 0 fully saturated rings. The molecule has 1 aromatic heterocycles. The predicted molar refractivity (Wildman–Crippen MR) is 102 cm³/mol. The number of ether oxygens (including phenoxy) is 1. The molecule has 0 saturated heterocycles. The molecule has 0 radical (unpaired) electrons. The number of aromatic amines is 1. The highest BCUT2D eigenvalue weighted by atomic mass is 35.5. The molecule has 0 saturated carbocycles. The number of hydrogen-bond donors (Lipinski definition) is 2. The molecule has 1 aliphatic heterocycles. The quantitative estimate of drug-likeness (QED) is 0.811. The third kappa shape index (κ3) is 4.24. The molecule has 0 unspecified atom stereocenters. The molecule has 0 atom stereocenters.